The van der Waals surface area contributed by atoms with Gasteiger partial charge in [0.05, 0.1) is 12.9 Å². The summed E-state index contributed by atoms with van der Waals surface area (Å²) in [4.78, 5) is 12.9. The van der Waals surface area contributed by atoms with E-state index in [1.165, 1.54) is 26.3 Å². The summed E-state index contributed by atoms with van der Waals surface area (Å²) < 4.78 is 12.4. The van der Waals surface area contributed by atoms with E-state index in [4.69, 9.17) is 21.1 Å². The first-order valence-electron chi connectivity index (χ1n) is 8.75. The molecule has 2 aliphatic rings. The van der Waals surface area contributed by atoms with E-state index in [0.717, 1.165) is 12.8 Å². The fraction of sp³-hybridized carbons (Fsp3) is 0.688. The Labute approximate surface area is 155 Å². The summed E-state index contributed by atoms with van der Waals surface area (Å²) in [5.74, 6) is 0.576. The molecule has 1 aliphatic carbocycles. The number of imidazole rings is 1. The van der Waals surface area contributed by atoms with Gasteiger partial charge in [-0.05, 0) is 24.4 Å². The largest absolute Gasteiger partial charge is 0.387 e. The lowest BCUT2D eigenvalue weighted by Gasteiger charge is -2.17. The van der Waals surface area contributed by atoms with Gasteiger partial charge >= 0.3 is 0 Å². The second kappa shape index (κ2) is 7.24. The Morgan fingerprint density at radius 2 is 2.08 bits per heavy atom. The molecule has 142 valence electrons. The molecular formula is C16H22ClN5O4. The van der Waals surface area contributed by atoms with E-state index in [1.54, 1.807) is 4.57 Å². The van der Waals surface area contributed by atoms with Crippen molar-refractivity contribution >= 4 is 28.6 Å². The number of hydrogen-bond acceptors (Lipinski definition) is 8. The highest BCUT2D eigenvalue weighted by atomic mass is 35.5. The Balaban J connectivity index is 1.67. The maximum Gasteiger partial charge on any atom is 0.226 e. The number of aromatic nitrogens is 4. The number of nitrogens with one attached hydrogen (secondary N) is 1. The van der Waals surface area contributed by atoms with Crippen molar-refractivity contribution in [3.8, 4) is 0 Å². The van der Waals surface area contributed by atoms with Crippen molar-refractivity contribution in [1.29, 1.82) is 0 Å². The quantitative estimate of drug-likeness (QED) is 0.657. The number of ether oxygens (including phenoxy) is 2. The number of anilines is 1. The number of nitrogens with zero attached hydrogens (tertiary/aromatic N) is 4. The lowest BCUT2D eigenvalue weighted by atomic mass is 10.1. The first-order chi connectivity index (χ1) is 12.6. The second-order valence-electron chi connectivity index (χ2n) is 6.79. The van der Waals surface area contributed by atoms with E-state index < -0.39 is 24.5 Å². The van der Waals surface area contributed by atoms with Crippen LogP contribution in [-0.2, 0) is 9.47 Å². The first-order valence-corrected chi connectivity index (χ1v) is 9.13. The molecule has 2 aromatic heterocycles. The SMILES string of the molecule is COC[C@H]1O[C@@H](n2cnc3c(NC4CCCC4)nc(Cl)nc32)[C@H](O)[C@@H]1O. The number of hydrogen-bond donors (Lipinski definition) is 3. The highest BCUT2D eigenvalue weighted by Crippen LogP contribution is 2.33. The van der Waals surface area contributed by atoms with Crippen molar-refractivity contribution in [2.24, 2.45) is 0 Å². The predicted octanol–water partition coefficient (Wildman–Crippen LogP) is 1.10. The molecule has 0 spiro atoms. The Morgan fingerprint density at radius 1 is 1.31 bits per heavy atom. The van der Waals surface area contributed by atoms with Crippen molar-refractivity contribution < 1.29 is 19.7 Å². The average Bonchev–Trinajstić information content (AvgIpc) is 3.32. The van der Waals surface area contributed by atoms with Gasteiger partial charge in [0.2, 0.25) is 5.28 Å². The summed E-state index contributed by atoms with van der Waals surface area (Å²) >= 11 is 6.11. The molecule has 10 heteroatoms. The fourth-order valence-corrected chi connectivity index (χ4v) is 3.87. The van der Waals surface area contributed by atoms with Gasteiger partial charge in [0.1, 0.15) is 18.3 Å². The molecule has 1 saturated heterocycles. The van der Waals surface area contributed by atoms with Crippen LogP contribution in [-0.4, -0.2) is 67.8 Å². The van der Waals surface area contributed by atoms with Crippen molar-refractivity contribution in [3.05, 3.63) is 11.6 Å². The summed E-state index contributed by atoms with van der Waals surface area (Å²) in [5.41, 5.74) is 1.00. The molecule has 2 aromatic rings. The molecule has 1 aliphatic heterocycles. The van der Waals surface area contributed by atoms with Gasteiger partial charge in [0, 0.05) is 13.2 Å². The molecule has 0 aromatic carbocycles. The molecule has 26 heavy (non-hydrogen) atoms. The lowest BCUT2D eigenvalue weighted by molar-refractivity contribution is -0.0580. The highest BCUT2D eigenvalue weighted by Gasteiger charge is 2.44. The zero-order chi connectivity index (χ0) is 18.3. The monoisotopic (exact) mass is 383 g/mol. The van der Waals surface area contributed by atoms with Gasteiger partial charge in [-0.15, -0.1) is 0 Å². The molecule has 4 rings (SSSR count). The van der Waals surface area contributed by atoms with Gasteiger partial charge in [0.25, 0.3) is 0 Å². The van der Waals surface area contributed by atoms with Crippen molar-refractivity contribution in [2.45, 2.75) is 56.3 Å². The molecule has 0 radical (unpaired) electrons. The molecule has 3 heterocycles. The summed E-state index contributed by atoms with van der Waals surface area (Å²) in [6, 6.07) is 0.343. The predicted molar refractivity (Wildman–Crippen MR) is 94.0 cm³/mol. The molecule has 0 bridgehead atoms. The topological polar surface area (TPSA) is 115 Å². The number of halogens is 1. The van der Waals surface area contributed by atoms with Gasteiger partial charge in [-0.1, -0.05) is 12.8 Å². The highest BCUT2D eigenvalue weighted by molar-refractivity contribution is 6.28. The van der Waals surface area contributed by atoms with Gasteiger partial charge in [-0.25, -0.2) is 4.98 Å². The molecule has 0 amide bonds. The van der Waals surface area contributed by atoms with E-state index in [2.05, 4.69) is 20.3 Å². The van der Waals surface area contributed by atoms with E-state index in [0.29, 0.717) is 23.0 Å². The lowest BCUT2D eigenvalue weighted by Crippen LogP contribution is -2.33. The fourth-order valence-electron chi connectivity index (χ4n) is 3.70. The van der Waals surface area contributed by atoms with Crippen LogP contribution in [0.2, 0.25) is 5.28 Å². The van der Waals surface area contributed by atoms with Crippen LogP contribution in [0.3, 0.4) is 0 Å². The van der Waals surface area contributed by atoms with Crippen LogP contribution >= 0.6 is 11.6 Å². The minimum Gasteiger partial charge on any atom is -0.387 e. The Kier molecular flexibility index (Phi) is 4.98. The molecule has 0 unspecified atom stereocenters. The Morgan fingerprint density at radius 3 is 2.81 bits per heavy atom. The minimum atomic E-state index is -1.13. The van der Waals surface area contributed by atoms with Crippen LogP contribution < -0.4 is 5.32 Å². The zero-order valence-electron chi connectivity index (χ0n) is 14.4. The molecule has 9 nitrogen and oxygen atoms in total. The minimum absolute atomic E-state index is 0.0845. The molecule has 2 fully saturated rings. The van der Waals surface area contributed by atoms with Crippen molar-refractivity contribution in [2.75, 3.05) is 19.0 Å². The van der Waals surface area contributed by atoms with E-state index >= 15 is 0 Å². The Hall–Kier alpha value is -1.52. The van der Waals surface area contributed by atoms with Crippen LogP contribution in [0.25, 0.3) is 11.2 Å². The molecule has 3 N–H and O–H groups in total. The van der Waals surface area contributed by atoms with Gasteiger partial charge in [-0.2, -0.15) is 9.97 Å². The van der Waals surface area contributed by atoms with Crippen molar-refractivity contribution in [1.82, 2.24) is 19.5 Å². The van der Waals surface area contributed by atoms with Crippen LogP contribution in [0.15, 0.2) is 6.33 Å². The zero-order valence-corrected chi connectivity index (χ0v) is 15.1. The third-order valence-electron chi connectivity index (χ3n) is 5.03. The summed E-state index contributed by atoms with van der Waals surface area (Å²) in [6.45, 7) is 0.172. The number of methoxy groups -OCH3 is 1. The van der Waals surface area contributed by atoms with Gasteiger partial charge < -0.3 is 25.0 Å². The third-order valence-corrected chi connectivity index (χ3v) is 5.20. The van der Waals surface area contributed by atoms with Crippen LogP contribution in [0.4, 0.5) is 5.82 Å². The van der Waals surface area contributed by atoms with Crippen LogP contribution in [0.5, 0.6) is 0 Å². The number of aliphatic hydroxyl groups is 2. The second-order valence-corrected chi connectivity index (χ2v) is 7.13. The maximum absolute atomic E-state index is 10.4. The normalized spacial score (nSPS) is 29.7. The summed E-state index contributed by atoms with van der Waals surface area (Å²) in [6.07, 6.45) is 2.40. The van der Waals surface area contributed by atoms with E-state index in [-0.39, 0.29) is 11.9 Å². The number of aliphatic hydroxyl groups excluding tert-OH is 2. The third kappa shape index (κ3) is 3.14. The smallest absolute Gasteiger partial charge is 0.226 e. The molecular weight excluding hydrogens is 362 g/mol. The molecule has 1 saturated carbocycles. The van der Waals surface area contributed by atoms with Crippen LogP contribution in [0.1, 0.15) is 31.9 Å². The average molecular weight is 384 g/mol. The standard InChI is InChI=1S/C16H22ClN5O4/c1-25-6-9-11(23)12(24)15(26-9)22-7-18-10-13(19-8-4-2-3-5-8)20-16(17)21-14(10)22/h7-9,11-12,15,23-24H,2-6H2,1H3,(H,19,20,21)/t9-,11-,12-,15-/m1/s1. The van der Waals surface area contributed by atoms with E-state index in [9.17, 15) is 10.2 Å². The molecule has 4 atom stereocenters. The summed E-state index contributed by atoms with van der Waals surface area (Å²) in [5, 5.41) is 24.0. The number of rotatable bonds is 5. The first kappa shape index (κ1) is 17.9. The summed E-state index contributed by atoms with van der Waals surface area (Å²) in [7, 11) is 1.51. The maximum atomic E-state index is 10.4. The van der Waals surface area contributed by atoms with E-state index in [1.807, 2.05) is 0 Å². The van der Waals surface area contributed by atoms with Gasteiger partial charge in [-0.3, -0.25) is 4.57 Å². The van der Waals surface area contributed by atoms with Gasteiger partial charge in [0.15, 0.2) is 23.2 Å². The van der Waals surface area contributed by atoms with Crippen LogP contribution in [0, 0.1) is 0 Å². The van der Waals surface area contributed by atoms with Crippen molar-refractivity contribution in [3.63, 3.8) is 0 Å². The number of fused-ring (bicyclic) bond motifs is 1. The Bertz CT molecular complexity index is 781.